The van der Waals surface area contributed by atoms with Crippen molar-refractivity contribution < 1.29 is 13.9 Å². The molecule has 34 heavy (non-hydrogen) atoms. The predicted octanol–water partition coefficient (Wildman–Crippen LogP) is 6.83. The summed E-state index contributed by atoms with van der Waals surface area (Å²) in [5.74, 6) is 0.228. The smallest absolute Gasteiger partial charge is 0.295 e. The van der Waals surface area contributed by atoms with Gasteiger partial charge < -0.3 is 9.15 Å². The molecule has 0 saturated heterocycles. The third kappa shape index (κ3) is 3.73. The van der Waals surface area contributed by atoms with Crippen molar-refractivity contribution in [2.24, 2.45) is 0 Å². The van der Waals surface area contributed by atoms with E-state index in [-0.39, 0.29) is 16.8 Å². The monoisotopic (exact) mass is 535 g/mol. The fourth-order valence-corrected chi connectivity index (χ4v) is 4.72. The first-order chi connectivity index (χ1) is 16.4. The van der Waals surface area contributed by atoms with Crippen LogP contribution in [0.4, 0.5) is 5.69 Å². The van der Waals surface area contributed by atoms with Crippen molar-refractivity contribution in [1.29, 1.82) is 0 Å². The van der Waals surface area contributed by atoms with E-state index in [4.69, 9.17) is 20.8 Å². The van der Waals surface area contributed by atoms with Gasteiger partial charge in [0.2, 0.25) is 5.76 Å². The second-order valence-electron chi connectivity index (χ2n) is 8.00. The van der Waals surface area contributed by atoms with E-state index in [0.717, 1.165) is 10.0 Å². The van der Waals surface area contributed by atoms with Gasteiger partial charge in [-0.3, -0.25) is 14.5 Å². The topological polar surface area (TPSA) is 59.8 Å². The van der Waals surface area contributed by atoms with Gasteiger partial charge in [-0.1, -0.05) is 58.4 Å². The number of ether oxygens (including phenoxy) is 1. The summed E-state index contributed by atoms with van der Waals surface area (Å²) in [6, 6.07) is 17.2. The van der Waals surface area contributed by atoms with Crippen molar-refractivity contribution >= 4 is 50.1 Å². The number of rotatable bonds is 5. The lowest BCUT2D eigenvalue weighted by molar-refractivity contribution is 0.0971. The molecule has 0 radical (unpaired) electrons. The van der Waals surface area contributed by atoms with Crippen molar-refractivity contribution in [1.82, 2.24) is 0 Å². The molecule has 3 aromatic carbocycles. The molecule has 1 amide bonds. The van der Waals surface area contributed by atoms with Crippen LogP contribution in [0.1, 0.15) is 33.3 Å². The van der Waals surface area contributed by atoms with Crippen LogP contribution in [-0.2, 0) is 0 Å². The van der Waals surface area contributed by atoms with Gasteiger partial charge in [-0.15, -0.1) is 0 Å². The number of nitrogens with zero attached hydrogens (tertiary/aromatic N) is 1. The zero-order chi connectivity index (χ0) is 24.0. The first-order valence-electron chi connectivity index (χ1n) is 10.6. The highest BCUT2D eigenvalue weighted by atomic mass is 79.9. The molecule has 5 rings (SSSR count). The Kier molecular flexibility index (Phi) is 5.80. The molecule has 0 saturated carbocycles. The Bertz CT molecular complexity index is 1530. The zero-order valence-electron chi connectivity index (χ0n) is 18.2. The van der Waals surface area contributed by atoms with Crippen molar-refractivity contribution in [2.75, 3.05) is 11.5 Å². The standard InChI is InChI=1S/C27H19BrClNO4/c1-3-11-33-19-6-4-5-16(12-19)24-23-25(31)20-13-17(28)8-10-22(20)34-26(23)27(32)30(24)18-9-7-15(2)21(29)14-18/h3-10,12-14,24H,1,11H2,2H3. The number of carbonyl (C=O) groups excluding carboxylic acids is 1. The fraction of sp³-hybridized carbons (Fsp3) is 0.111. The van der Waals surface area contributed by atoms with Crippen molar-refractivity contribution in [3.05, 3.63) is 115 Å². The molecule has 5 nitrogen and oxygen atoms in total. The summed E-state index contributed by atoms with van der Waals surface area (Å²) >= 11 is 9.82. The second-order valence-corrected chi connectivity index (χ2v) is 9.32. The number of fused-ring (bicyclic) bond motifs is 2. The number of halogens is 2. The van der Waals surface area contributed by atoms with Crippen LogP contribution in [0.15, 0.2) is 87.0 Å². The van der Waals surface area contributed by atoms with Gasteiger partial charge in [0.15, 0.2) is 5.43 Å². The van der Waals surface area contributed by atoms with Gasteiger partial charge in [-0.05, 0) is 60.5 Å². The normalized spacial score (nSPS) is 15.0. The van der Waals surface area contributed by atoms with Crippen LogP contribution in [0.3, 0.4) is 0 Å². The second kappa shape index (κ2) is 8.78. The molecule has 4 aromatic rings. The molecule has 1 aromatic heterocycles. The minimum Gasteiger partial charge on any atom is -0.490 e. The lowest BCUT2D eigenvalue weighted by Crippen LogP contribution is -2.29. The van der Waals surface area contributed by atoms with Gasteiger partial charge in [0.25, 0.3) is 5.91 Å². The Morgan fingerprint density at radius 3 is 2.74 bits per heavy atom. The summed E-state index contributed by atoms with van der Waals surface area (Å²) in [5.41, 5.74) is 2.55. The van der Waals surface area contributed by atoms with Crippen LogP contribution >= 0.6 is 27.5 Å². The molecule has 1 atom stereocenters. The molecular weight excluding hydrogens is 518 g/mol. The highest BCUT2D eigenvalue weighted by Gasteiger charge is 2.43. The minimum atomic E-state index is -0.715. The fourth-order valence-electron chi connectivity index (χ4n) is 4.19. The zero-order valence-corrected chi connectivity index (χ0v) is 20.5. The molecule has 0 fully saturated rings. The quantitative estimate of drug-likeness (QED) is 0.262. The number of benzene rings is 3. The van der Waals surface area contributed by atoms with E-state index in [9.17, 15) is 9.59 Å². The Balaban J connectivity index is 1.77. The van der Waals surface area contributed by atoms with Gasteiger partial charge in [0, 0.05) is 15.2 Å². The average Bonchev–Trinajstić information content (AvgIpc) is 3.13. The minimum absolute atomic E-state index is 0.0268. The highest BCUT2D eigenvalue weighted by Crippen LogP contribution is 2.42. The molecule has 7 heteroatoms. The number of aryl methyl sites for hydroxylation is 1. The summed E-state index contributed by atoms with van der Waals surface area (Å²) in [5, 5.41) is 0.922. The Morgan fingerprint density at radius 2 is 1.97 bits per heavy atom. The van der Waals surface area contributed by atoms with E-state index in [1.165, 1.54) is 0 Å². The summed E-state index contributed by atoms with van der Waals surface area (Å²) < 4.78 is 12.5. The molecule has 0 N–H and O–H groups in total. The van der Waals surface area contributed by atoms with Crippen LogP contribution < -0.4 is 15.1 Å². The van der Waals surface area contributed by atoms with E-state index in [1.54, 1.807) is 35.2 Å². The molecule has 1 aliphatic rings. The number of carbonyl (C=O) groups is 1. The Morgan fingerprint density at radius 1 is 1.15 bits per heavy atom. The van der Waals surface area contributed by atoms with Crippen LogP contribution in [0, 0.1) is 6.92 Å². The van der Waals surface area contributed by atoms with E-state index >= 15 is 0 Å². The van der Waals surface area contributed by atoms with Crippen LogP contribution in [0.5, 0.6) is 5.75 Å². The molecular formula is C27H19BrClNO4. The van der Waals surface area contributed by atoms with E-state index in [2.05, 4.69) is 22.5 Å². The molecule has 0 aliphatic carbocycles. The molecule has 1 unspecified atom stereocenters. The van der Waals surface area contributed by atoms with Gasteiger partial charge in [0.05, 0.1) is 17.0 Å². The average molecular weight is 537 g/mol. The van der Waals surface area contributed by atoms with Crippen LogP contribution in [0.2, 0.25) is 5.02 Å². The van der Waals surface area contributed by atoms with E-state index in [0.29, 0.717) is 39.6 Å². The first-order valence-corrected chi connectivity index (χ1v) is 11.8. The number of hydrogen-bond acceptors (Lipinski definition) is 4. The summed E-state index contributed by atoms with van der Waals surface area (Å²) in [7, 11) is 0. The number of hydrogen-bond donors (Lipinski definition) is 0. The molecule has 170 valence electrons. The van der Waals surface area contributed by atoms with Gasteiger partial charge in [0.1, 0.15) is 17.9 Å². The number of amides is 1. The maximum Gasteiger partial charge on any atom is 0.295 e. The maximum absolute atomic E-state index is 13.7. The van der Waals surface area contributed by atoms with Gasteiger partial charge in [-0.2, -0.15) is 0 Å². The maximum atomic E-state index is 13.7. The third-order valence-electron chi connectivity index (χ3n) is 5.81. The van der Waals surface area contributed by atoms with E-state index in [1.807, 2.05) is 43.3 Å². The van der Waals surface area contributed by atoms with Crippen molar-refractivity contribution in [3.8, 4) is 5.75 Å². The lowest BCUT2D eigenvalue weighted by Gasteiger charge is -2.26. The van der Waals surface area contributed by atoms with E-state index < -0.39 is 11.9 Å². The SMILES string of the molecule is C=CCOc1cccc(C2c3c(oc4ccc(Br)cc4c3=O)C(=O)N2c2ccc(C)c(Cl)c2)c1. The summed E-state index contributed by atoms with van der Waals surface area (Å²) in [4.78, 5) is 29.0. The molecule has 1 aliphatic heterocycles. The Hall–Kier alpha value is -3.35. The molecule has 2 heterocycles. The predicted molar refractivity (Wildman–Crippen MR) is 137 cm³/mol. The van der Waals surface area contributed by atoms with Crippen molar-refractivity contribution in [2.45, 2.75) is 13.0 Å². The van der Waals surface area contributed by atoms with Gasteiger partial charge >= 0.3 is 0 Å². The largest absolute Gasteiger partial charge is 0.490 e. The molecule has 0 spiro atoms. The van der Waals surface area contributed by atoms with Crippen LogP contribution in [-0.4, -0.2) is 12.5 Å². The Labute approximate surface area is 209 Å². The first kappa shape index (κ1) is 22.4. The molecule has 0 bridgehead atoms. The lowest BCUT2D eigenvalue weighted by atomic mass is 9.98. The highest BCUT2D eigenvalue weighted by molar-refractivity contribution is 9.10. The number of anilines is 1. The third-order valence-corrected chi connectivity index (χ3v) is 6.71. The summed E-state index contributed by atoms with van der Waals surface area (Å²) in [6.07, 6.45) is 1.65. The summed E-state index contributed by atoms with van der Waals surface area (Å²) in [6.45, 7) is 5.91. The van der Waals surface area contributed by atoms with Crippen molar-refractivity contribution in [3.63, 3.8) is 0 Å². The van der Waals surface area contributed by atoms with Gasteiger partial charge in [-0.25, -0.2) is 0 Å². The van der Waals surface area contributed by atoms with Crippen LogP contribution in [0.25, 0.3) is 11.0 Å².